The largest absolute Gasteiger partial charge is 0.482 e. The van der Waals surface area contributed by atoms with Crippen molar-refractivity contribution in [3.8, 4) is 23.8 Å². The molecule has 2 aliphatic rings. The Labute approximate surface area is 191 Å². The third kappa shape index (κ3) is 4.72. The summed E-state index contributed by atoms with van der Waals surface area (Å²) in [6.45, 7) is 0.820. The molecule has 0 atom stereocenters. The number of nitrogens with zero attached hydrogens (tertiary/aromatic N) is 1. The summed E-state index contributed by atoms with van der Waals surface area (Å²) in [5, 5.41) is 9.04. The molecule has 8 heteroatoms. The molecule has 1 spiro atoms. The van der Waals surface area contributed by atoms with Crippen LogP contribution in [0.4, 0.5) is 8.78 Å². The van der Waals surface area contributed by atoms with Crippen LogP contribution in [-0.2, 0) is 4.79 Å². The van der Waals surface area contributed by atoms with Crippen LogP contribution >= 0.6 is 12.4 Å². The highest BCUT2D eigenvalue weighted by Gasteiger charge is 2.39. The lowest BCUT2D eigenvalue weighted by Crippen LogP contribution is -2.49. The van der Waals surface area contributed by atoms with E-state index in [0.29, 0.717) is 42.8 Å². The number of carbonyl (C=O) groups is 1. The van der Waals surface area contributed by atoms with E-state index in [1.165, 1.54) is 12.1 Å². The molecule has 0 bridgehead atoms. The van der Waals surface area contributed by atoms with Crippen LogP contribution in [0.3, 0.4) is 0 Å². The second-order valence-corrected chi connectivity index (χ2v) is 7.65. The summed E-state index contributed by atoms with van der Waals surface area (Å²) in [5.74, 6) is -0.225. The van der Waals surface area contributed by atoms with Crippen LogP contribution in [-0.4, -0.2) is 47.8 Å². The molecule has 32 heavy (non-hydrogen) atoms. The van der Waals surface area contributed by atoms with E-state index in [1.54, 1.807) is 0 Å². The lowest BCUT2D eigenvalue weighted by atomic mass is 9.83. The summed E-state index contributed by atoms with van der Waals surface area (Å²) >= 11 is 0. The van der Waals surface area contributed by atoms with Crippen molar-refractivity contribution in [2.45, 2.75) is 18.4 Å². The molecule has 0 radical (unpaired) electrons. The van der Waals surface area contributed by atoms with Crippen molar-refractivity contribution < 1.29 is 28.2 Å². The zero-order chi connectivity index (χ0) is 22.0. The van der Waals surface area contributed by atoms with Gasteiger partial charge >= 0.3 is 5.97 Å². The number of halogens is 3. The van der Waals surface area contributed by atoms with Gasteiger partial charge in [0, 0.05) is 31.5 Å². The molecule has 4 rings (SSSR count). The molecule has 168 valence electrons. The van der Waals surface area contributed by atoms with Crippen molar-refractivity contribution in [1.82, 2.24) is 4.90 Å². The maximum atomic E-state index is 14.6. The number of para-hydroxylation sites is 1. The highest BCUT2D eigenvalue weighted by molar-refractivity contribution is 5.85. The number of aliphatic carboxylic acids is 1. The van der Waals surface area contributed by atoms with Gasteiger partial charge in [0.15, 0.2) is 17.4 Å². The van der Waals surface area contributed by atoms with Gasteiger partial charge in [-0.05, 0) is 35.4 Å². The van der Waals surface area contributed by atoms with Gasteiger partial charge in [-0.25, -0.2) is 8.78 Å². The Morgan fingerprint density at radius 3 is 2.50 bits per heavy atom. The smallest absolute Gasteiger partial charge is 0.317 e. The van der Waals surface area contributed by atoms with Crippen LogP contribution in [0.15, 0.2) is 42.5 Å². The fraction of sp³-hybridized carbons (Fsp3) is 0.292. The van der Waals surface area contributed by atoms with Crippen LogP contribution in [0.25, 0.3) is 5.57 Å². The lowest BCUT2D eigenvalue weighted by molar-refractivity contribution is -0.139. The van der Waals surface area contributed by atoms with Gasteiger partial charge in [0.05, 0.1) is 6.54 Å². The first kappa shape index (κ1) is 23.6. The molecular weight excluding hydrogens is 440 g/mol. The van der Waals surface area contributed by atoms with E-state index in [4.69, 9.17) is 21.0 Å². The number of fused-ring (bicyclic) bond motifs is 1. The van der Waals surface area contributed by atoms with E-state index >= 15 is 0 Å². The summed E-state index contributed by atoms with van der Waals surface area (Å²) in [7, 11) is 0. The van der Waals surface area contributed by atoms with Gasteiger partial charge < -0.3 is 14.6 Å². The van der Waals surface area contributed by atoms with Crippen molar-refractivity contribution in [2.75, 3.05) is 26.2 Å². The van der Waals surface area contributed by atoms with Gasteiger partial charge in [-0.15, -0.1) is 18.8 Å². The average Bonchev–Trinajstić information content (AvgIpc) is 2.74. The average molecular weight is 462 g/mol. The van der Waals surface area contributed by atoms with E-state index in [0.717, 1.165) is 5.56 Å². The van der Waals surface area contributed by atoms with Crippen molar-refractivity contribution in [3.05, 3.63) is 65.2 Å². The minimum atomic E-state index is -0.875. The van der Waals surface area contributed by atoms with Crippen molar-refractivity contribution in [2.24, 2.45) is 0 Å². The van der Waals surface area contributed by atoms with Gasteiger partial charge in [0.1, 0.15) is 18.0 Å². The minimum absolute atomic E-state index is 0. The van der Waals surface area contributed by atoms with Crippen LogP contribution in [0.1, 0.15) is 24.0 Å². The SMILES string of the molecule is C#CCOc1c(F)cc(C2=CC3(CCN(CC(=O)O)CC3)Oc3ccccc32)cc1F.Cl. The molecule has 1 fully saturated rings. The monoisotopic (exact) mass is 461 g/mol. The second-order valence-electron chi connectivity index (χ2n) is 7.65. The number of rotatable bonds is 5. The summed E-state index contributed by atoms with van der Waals surface area (Å²) in [5.41, 5.74) is 1.09. The van der Waals surface area contributed by atoms with Crippen LogP contribution in [0, 0.1) is 24.0 Å². The van der Waals surface area contributed by atoms with Crippen molar-refractivity contribution in [3.63, 3.8) is 0 Å². The second kappa shape index (κ2) is 9.60. The summed E-state index contributed by atoms with van der Waals surface area (Å²) in [6, 6.07) is 9.80. The zero-order valence-corrected chi connectivity index (χ0v) is 18.0. The fourth-order valence-corrected chi connectivity index (χ4v) is 4.10. The number of ether oxygens (including phenoxy) is 2. The van der Waals surface area contributed by atoms with Gasteiger partial charge in [0.2, 0.25) is 0 Å². The Morgan fingerprint density at radius 2 is 1.88 bits per heavy atom. The number of terminal acetylenes is 1. The maximum Gasteiger partial charge on any atom is 0.317 e. The normalized spacial score (nSPS) is 16.7. The third-order valence-corrected chi connectivity index (χ3v) is 5.57. The number of carboxylic acids is 1. The highest BCUT2D eigenvalue weighted by atomic mass is 35.5. The maximum absolute atomic E-state index is 14.6. The standard InChI is InChI=1S/C24H21F2NO4.ClH/c1-2-11-30-23-19(25)12-16(13-20(23)26)18-14-24(31-21-6-4-3-5-17(18)21)7-9-27(10-8-24)15-22(28)29;/h1,3-6,12-14H,7-11,15H2,(H,28,29);1H. The summed E-state index contributed by atoms with van der Waals surface area (Å²) in [6.07, 6.45) is 8.14. The van der Waals surface area contributed by atoms with Crippen molar-refractivity contribution >= 4 is 23.9 Å². The molecule has 2 aromatic carbocycles. The first-order valence-corrected chi connectivity index (χ1v) is 9.92. The first-order valence-electron chi connectivity index (χ1n) is 9.92. The molecule has 0 aliphatic carbocycles. The molecule has 0 aromatic heterocycles. The molecular formula is C24H22ClF2NO4. The number of likely N-dealkylation sites (tertiary alicyclic amines) is 1. The molecule has 0 amide bonds. The Bertz CT molecular complexity index is 1060. The molecule has 2 heterocycles. The quantitative estimate of drug-likeness (QED) is 0.678. The van der Waals surface area contributed by atoms with Gasteiger partial charge in [0.25, 0.3) is 0 Å². The Kier molecular flexibility index (Phi) is 7.07. The van der Waals surface area contributed by atoms with E-state index in [-0.39, 0.29) is 25.6 Å². The molecule has 2 aromatic rings. The van der Waals surface area contributed by atoms with Crippen molar-refractivity contribution in [1.29, 1.82) is 0 Å². The Morgan fingerprint density at radius 1 is 1.22 bits per heavy atom. The van der Waals surface area contributed by atoms with Gasteiger partial charge in [-0.2, -0.15) is 0 Å². The molecule has 0 unspecified atom stereocenters. The van der Waals surface area contributed by atoms with Crippen LogP contribution in [0.5, 0.6) is 11.5 Å². The lowest BCUT2D eigenvalue weighted by Gasteiger charge is -2.42. The first-order chi connectivity index (χ1) is 14.9. The molecule has 0 saturated carbocycles. The van der Waals surface area contributed by atoms with Crippen LogP contribution in [0.2, 0.25) is 0 Å². The number of hydrogen-bond donors (Lipinski definition) is 1. The Hall–Kier alpha value is -3.08. The van der Waals surface area contributed by atoms with E-state index in [2.05, 4.69) is 5.92 Å². The number of benzene rings is 2. The van der Waals surface area contributed by atoms with E-state index < -0.39 is 29.0 Å². The molecule has 2 aliphatic heterocycles. The molecule has 5 nitrogen and oxygen atoms in total. The predicted octanol–water partition coefficient (Wildman–Crippen LogP) is 4.14. The summed E-state index contributed by atoms with van der Waals surface area (Å²) < 4.78 is 40.6. The highest BCUT2D eigenvalue weighted by Crippen LogP contribution is 2.44. The predicted molar refractivity (Wildman–Crippen MR) is 118 cm³/mol. The minimum Gasteiger partial charge on any atom is -0.482 e. The van der Waals surface area contributed by atoms with E-state index in [1.807, 2.05) is 35.2 Å². The zero-order valence-electron chi connectivity index (χ0n) is 17.1. The molecule has 1 N–H and O–H groups in total. The van der Waals surface area contributed by atoms with E-state index in [9.17, 15) is 13.6 Å². The van der Waals surface area contributed by atoms with Crippen LogP contribution < -0.4 is 9.47 Å². The van der Waals surface area contributed by atoms with Gasteiger partial charge in [-0.3, -0.25) is 9.69 Å². The van der Waals surface area contributed by atoms with Gasteiger partial charge in [-0.1, -0.05) is 24.1 Å². The fourth-order valence-electron chi connectivity index (χ4n) is 4.10. The Balaban J connectivity index is 0.00000289. The number of piperidine rings is 1. The third-order valence-electron chi connectivity index (χ3n) is 5.57. The molecule has 1 saturated heterocycles. The summed E-state index contributed by atoms with van der Waals surface area (Å²) in [4.78, 5) is 12.9. The number of hydrogen-bond acceptors (Lipinski definition) is 4. The topological polar surface area (TPSA) is 59.0 Å². The number of carboxylic acid groups (broad SMARTS) is 1.